The lowest BCUT2D eigenvalue weighted by Crippen LogP contribution is -2.50. The molecule has 2 aromatic carbocycles. The smallest absolute Gasteiger partial charge is 0.267 e. The number of carbonyl (C=O) groups excluding carboxylic acids is 1. The Labute approximate surface area is 142 Å². The number of nitrogen functional groups attached to an aromatic ring is 1. The van der Waals surface area contributed by atoms with Gasteiger partial charge in [-0.25, -0.2) is 0 Å². The maximum Gasteiger partial charge on any atom is 0.267 e. The van der Waals surface area contributed by atoms with Crippen molar-refractivity contribution in [1.29, 1.82) is 5.41 Å². The lowest BCUT2D eigenvalue weighted by atomic mass is 10.1. The number of likely N-dealkylation sites (N-methyl/N-ethyl adjacent to an activating group) is 1. The number of nitrogens with one attached hydrogen (secondary N) is 3. The van der Waals surface area contributed by atoms with E-state index in [0.29, 0.717) is 5.56 Å². The summed E-state index contributed by atoms with van der Waals surface area (Å²) in [5.74, 6) is -0.114. The largest absolute Gasteiger partial charge is 0.384 e. The number of carbonyl (C=O) groups is 1. The summed E-state index contributed by atoms with van der Waals surface area (Å²) in [6, 6.07) is 12.9. The van der Waals surface area contributed by atoms with Crippen LogP contribution in [-0.2, 0) is 4.79 Å². The molecule has 3 rings (SSSR count). The number of fused-ring (bicyclic) bond motifs is 1. The molecule has 23 heavy (non-hydrogen) atoms. The Morgan fingerprint density at radius 1 is 1.30 bits per heavy atom. The summed E-state index contributed by atoms with van der Waals surface area (Å²) in [4.78, 5) is 14.3. The average molecular weight is 374 g/mol. The zero-order valence-electron chi connectivity index (χ0n) is 12.4. The van der Waals surface area contributed by atoms with E-state index in [-0.39, 0.29) is 11.7 Å². The van der Waals surface area contributed by atoms with Crippen LogP contribution in [0, 0.1) is 5.41 Å². The Bertz CT molecular complexity index is 775. The van der Waals surface area contributed by atoms with Crippen LogP contribution in [0.15, 0.2) is 46.9 Å². The highest BCUT2D eigenvalue weighted by molar-refractivity contribution is 9.10. The van der Waals surface area contributed by atoms with Crippen molar-refractivity contribution < 1.29 is 4.79 Å². The van der Waals surface area contributed by atoms with Crippen LogP contribution in [0.5, 0.6) is 0 Å². The zero-order chi connectivity index (χ0) is 16.6. The maximum atomic E-state index is 12.4. The standard InChI is InChI=1S/C16H16BrN5O/c1-22-13-7-4-10(17)8-12(13)21-16(23)15(22)20-11-5-2-9(3-6-11)14(18)19/h2-8,15,20H,1H3,(H3,18,19)(H,21,23). The number of amidine groups is 1. The third kappa shape index (κ3) is 3.00. The molecule has 0 aliphatic carbocycles. The molecule has 2 aromatic rings. The maximum absolute atomic E-state index is 12.4. The molecule has 1 aliphatic rings. The van der Waals surface area contributed by atoms with Crippen molar-refractivity contribution in [1.82, 2.24) is 0 Å². The van der Waals surface area contributed by atoms with Gasteiger partial charge in [0.05, 0.1) is 11.4 Å². The molecule has 0 saturated heterocycles. The van der Waals surface area contributed by atoms with Crippen molar-refractivity contribution >= 4 is 44.7 Å². The van der Waals surface area contributed by atoms with Gasteiger partial charge in [-0.1, -0.05) is 15.9 Å². The highest BCUT2D eigenvalue weighted by atomic mass is 79.9. The topological polar surface area (TPSA) is 94.2 Å². The number of benzene rings is 2. The molecule has 118 valence electrons. The molecular formula is C16H16BrN5O. The Morgan fingerprint density at radius 2 is 2.00 bits per heavy atom. The lowest BCUT2D eigenvalue weighted by Gasteiger charge is -2.36. The molecule has 0 bridgehead atoms. The van der Waals surface area contributed by atoms with Crippen LogP contribution in [0.1, 0.15) is 5.56 Å². The van der Waals surface area contributed by atoms with Crippen LogP contribution >= 0.6 is 15.9 Å². The van der Waals surface area contributed by atoms with Gasteiger partial charge in [0.15, 0.2) is 6.17 Å². The number of halogens is 1. The first-order valence-electron chi connectivity index (χ1n) is 7.00. The van der Waals surface area contributed by atoms with Gasteiger partial charge in [0.2, 0.25) is 0 Å². The van der Waals surface area contributed by atoms with E-state index < -0.39 is 6.17 Å². The molecule has 1 aliphatic heterocycles. The average Bonchev–Trinajstić information content (AvgIpc) is 2.51. The Balaban J connectivity index is 1.84. The van der Waals surface area contributed by atoms with Gasteiger partial charge in [-0.05, 0) is 42.5 Å². The molecule has 6 nitrogen and oxygen atoms in total. The number of nitrogens with two attached hydrogens (primary N) is 1. The van der Waals surface area contributed by atoms with E-state index in [1.165, 1.54) is 0 Å². The summed E-state index contributed by atoms with van der Waals surface area (Å²) in [5.41, 5.74) is 8.58. The predicted molar refractivity (Wildman–Crippen MR) is 96.0 cm³/mol. The van der Waals surface area contributed by atoms with Crippen molar-refractivity contribution in [2.24, 2.45) is 5.73 Å². The highest BCUT2D eigenvalue weighted by Crippen LogP contribution is 2.33. The molecule has 1 amide bonds. The van der Waals surface area contributed by atoms with E-state index in [1.54, 1.807) is 24.3 Å². The van der Waals surface area contributed by atoms with Crippen molar-refractivity contribution in [2.75, 3.05) is 22.6 Å². The quantitative estimate of drug-likeness (QED) is 0.491. The monoisotopic (exact) mass is 373 g/mol. The summed E-state index contributed by atoms with van der Waals surface area (Å²) >= 11 is 3.40. The predicted octanol–water partition coefficient (Wildman–Crippen LogP) is 2.56. The second-order valence-corrected chi connectivity index (χ2v) is 6.22. The Morgan fingerprint density at radius 3 is 2.65 bits per heavy atom. The summed E-state index contributed by atoms with van der Waals surface area (Å²) in [5, 5.41) is 13.5. The van der Waals surface area contributed by atoms with Crippen molar-refractivity contribution in [3.8, 4) is 0 Å². The van der Waals surface area contributed by atoms with E-state index >= 15 is 0 Å². The van der Waals surface area contributed by atoms with Gasteiger partial charge < -0.3 is 21.3 Å². The highest BCUT2D eigenvalue weighted by Gasteiger charge is 2.30. The van der Waals surface area contributed by atoms with E-state index in [0.717, 1.165) is 21.5 Å². The minimum Gasteiger partial charge on any atom is -0.384 e. The normalized spacial score (nSPS) is 16.5. The summed E-state index contributed by atoms with van der Waals surface area (Å²) in [7, 11) is 1.87. The number of rotatable bonds is 3. The fourth-order valence-corrected chi connectivity index (χ4v) is 2.86. The molecule has 0 spiro atoms. The van der Waals surface area contributed by atoms with E-state index in [4.69, 9.17) is 11.1 Å². The van der Waals surface area contributed by atoms with Crippen LogP contribution in [0.2, 0.25) is 0 Å². The van der Waals surface area contributed by atoms with Gasteiger partial charge in [-0.3, -0.25) is 10.2 Å². The minimum absolute atomic E-state index is 0.0172. The van der Waals surface area contributed by atoms with Gasteiger partial charge >= 0.3 is 0 Å². The van der Waals surface area contributed by atoms with E-state index in [9.17, 15) is 4.79 Å². The third-order valence-electron chi connectivity index (χ3n) is 3.73. The lowest BCUT2D eigenvalue weighted by molar-refractivity contribution is -0.117. The number of nitrogens with zero attached hydrogens (tertiary/aromatic N) is 1. The Hall–Kier alpha value is -2.54. The third-order valence-corrected chi connectivity index (χ3v) is 4.22. The van der Waals surface area contributed by atoms with Crippen LogP contribution in [0.25, 0.3) is 0 Å². The number of hydrogen-bond acceptors (Lipinski definition) is 4. The molecule has 0 saturated carbocycles. The van der Waals surface area contributed by atoms with Gasteiger partial charge in [0.1, 0.15) is 5.84 Å². The van der Waals surface area contributed by atoms with Crippen LogP contribution in [0.4, 0.5) is 17.1 Å². The minimum atomic E-state index is -0.521. The van der Waals surface area contributed by atoms with Gasteiger partial charge in [-0.15, -0.1) is 0 Å². The molecule has 1 unspecified atom stereocenters. The fraction of sp³-hybridized carbons (Fsp3) is 0.125. The first kappa shape index (κ1) is 15.4. The number of anilines is 3. The summed E-state index contributed by atoms with van der Waals surface area (Å²) in [6.45, 7) is 0. The first-order valence-corrected chi connectivity index (χ1v) is 7.79. The van der Waals surface area contributed by atoms with Crippen LogP contribution in [-0.4, -0.2) is 25.0 Å². The fourth-order valence-electron chi connectivity index (χ4n) is 2.50. The van der Waals surface area contributed by atoms with Crippen LogP contribution < -0.4 is 21.3 Å². The molecular weight excluding hydrogens is 358 g/mol. The first-order chi connectivity index (χ1) is 11.0. The SMILES string of the molecule is CN1c2ccc(Br)cc2NC(=O)C1Nc1ccc(C(=N)N)cc1. The zero-order valence-corrected chi connectivity index (χ0v) is 14.0. The summed E-state index contributed by atoms with van der Waals surface area (Å²) < 4.78 is 0.913. The van der Waals surface area contributed by atoms with E-state index in [1.807, 2.05) is 30.1 Å². The summed E-state index contributed by atoms with van der Waals surface area (Å²) in [6.07, 6.45) is -0.521. The second kappa shape index (κ2) is 5.92. The molecule has 0 radical (unpaired) electrons. The van der Waals surface area contributed by atoms with Crippen molar-refractivity contribution in [3.63, 3.8) is 0 Å². The van der Waals surface area contributed by atoms with E-state index in [2.05, 4.69) is 26.6 Å². The molecule has 5 N–H and O–H groups in total. The van der Waals surface area contributed by atoms with Crippen LogP contribution in [0.3, 0.4) is 0 Å². The molecule has 7 heteroatoms. The second-order valence-electron chi connectivity index (χ2n) is 5.30. The van der Waals surface area contributed by atoms with Gasteiger partial charge in [-0.2, -0.15) is 0 Å². The van der Waals surface area contributed by atoms with Crippen molar-refractivity contribution in [2.45, 2.75) is 6.17 Å². The Kier molecular flexibility index (Phi) is 3.96. The number of hydrogen-bond donors (Lipinski definition) is 4. The number of amides is 1. The molecule has 0 aromatic heterocycles. The molecule has 1 heterocycles. The van der Waals surface area contributed by atoms with Gasteiger partial charge in [0.25, 0.3) is 5.91 Å². The molecule has 0 fully saturated rings. The van der Waals surface area contributed by atoms with Gasteiger partial charge in [0, 0.05) is 22.8 Å². The van der Waals surface area contributed by atoms with Crippen molar-refractivity contribution in [3.05, 3.63) is 52.5 Å². The molecule has 1 atom stereocenters.